The number of amides is 1. The minimum atomic E-state index is 0.0378. The smallest absolute Gasteiger partial charge is 0.258 e. The minimum absolute atomic E-state index is 0.0378. The van der Waals surface area contributed by atoms with E-state index in [1.165, 1.54) is 55.5 Å². The predicted molar refractivity (Wildman–Crippen MR) is 149 cm³/mol. The molecule has 3 nitrogen and oxygen atoms in total. The first kappa shape index (κ1) is 23.2. The summed E-state index contributed by atoms with van der Waals surface area (Å²) in [5, 5.41) is 0. The van der Waals surface area contributed by atoms with Crippen molar-refractivity contribution in [2.75, 3.05) is 25.0 Å². The number of fused-ring (bicyclic) bond motifs is 2. The Labute approximate surface area is 215 Å². The van der Waals surface area contributed by atoms with Gasteiger partial charge in [-0.2, -0.15) is 0 Å². The van der Waals surface area contributed by atoms with Crippen LogP contribution in [0.5, 0.6) is 0 Å². The molecule has 36 heavy (non-hydrogen) atoms. The van der Waals surface area contributed by atoms with Gasteiger partial charge in [-0.25, -0.2) is 0 Å². The zero-order valence-corrected chi connectivity index (χ0v) is 21.4. The van der Waals surface area contributed by atoms with Crippen LogP contribution in [-0.4, -0.2) is 37.0 Å². The Morgan fingerprint density at radius 1 is 0.944 bits per heavy atom. The number of carbonyl (C=O) groups excluding carboxylic acids is 1. The molecule has 3 heteroatoms. The molecule has 3 aliphatic rings. The first-order valence-electron chi connectivity index (χ1n) is 13.5. The monoisotopic (exact) mass is 476 g/mol. The van der Waals surface area contributed by atoms with Gasteiger partial charge in [0, 0.05) is 36.3 Å². The molecule has 4 unspecified atom stereocenters. The number of piperidine rings is 1. The summed E-state index contributed by atoms with van der Waals surface area (Å²) in [7, 11) is 1.84. The summed E-state index contributed by atoms with van der Waals surface area (Å²) in [6.45, 7) is 4.81. The Morgan fingerprint density at radius 2 is 1.69 bits per heavy atom. The molecule has 0 N–H and O–H groups in total. The van der Waals surface area contributed by atoms with E-state index in [2.05, 4.69) is 60.4 Å². The third-order valence-corrected chi connectivity index (χ3v) is 9.22. The number of anilines is 1. The molecule has 184 valence electrons. The van der Waals surface area contributed by atoms with Gasteiger partial charge in [-0.3, -0.25) is 4.79 Å². The molecule has 3 aromatic rings. The fourth-order valence-electron chi connectivity index (χ4n) is 7.01. The number of nitrogens with zero attached hydrogens (tertiary/aromatic N) is 2. The van der Waals surface area contributed by atoms with Gasteiger partial charge in [0.05, 0.1) is 0 Å². The largest absolute Gasteiger partial charge is 0.311 e. The quantitative estimate of drug-likeness (QED) is 0.409. The molecule has 1 heterocycles. The summed E-state index contributed by atoms with van der Waals surface area (Å²) in [4.78, 5) is 17.5. The molecule has 1 saturated heterocycles. The van der Waals surface area contributed by atoms with Gasteiger partial charge < -0.3 is 9.80 Å². The Hall–Kier alpha value is -3.17. The lowest BCUT2D eigenvalue weighted by Gasteiger charge is -2.46. The van der Waals surface area contributed by atoms with Crippen molar-refractivity contribution >= 4 is 17.7 Å². The summed E-state index contributed by atoms with van der Waals surface area (Å²) in [6, 6.07) is 27.9. The molecular weight excluding hydrogens is 440 g/mol. The van der Waals surface area contributed by atoms with Crippen LogP contribution >= 0.6 is 0 Å². The van der Waals surface area contributed by atoms with E-state index in [9.17, 15) is 4.79 Å². The number of allylic oxidation sites excluding steroid dienone is 1. The normalized spacial score (nSPS) is 27.3. The molecule has 4 atom stereocenters. The second kappa shape index (κ2) is 9.37. The van der Waals surface area contributed by atoms with Crippen molar-refractivity contribution in [1.82, 2.24) is 4.90 Å². The average Bonchev–Trinajstić information content (AvgIpc) is 3.57. The highest BCUT2D eigenvalue weighted by Gasteiger charge is 2.45. The molecule has 3 aromatic carbocycles. The van der Waals surface area contributed by atoms with Crippen LogP contribution in [0.1, 0.15) is 65.6 Å². The van der Waals surface area contributed by atoms with Crippen LogP contribution in [0.15, 0.2) is 84.9 Å². The summed E-state index contributed by atoms with van der Waals surface area (Å²) in [6.07, 6.45) is 9.79. The number of rotatable bonds is 4. The molecule has 1 spiro atoms. The third kappa shape index (κ3) is 4.00. The van der Waals surface area contributed by atoms with Gasteiger partial charge in [0.2, 0.25) is 0 Å². The maximum Gasteiger partial charge on any atom is 0.258 e. The summed E-state index contributed by atoms with van der Waals surface area (Å²) in [5.74, 6) is 1.25. The molecule has 1 amide bonds. The van der Waals surface area contributed by atoms with Gasteiger partial charge in [-0.1, -0.05) is 73.7 Å². The summed E-state index contributed by atoms with van der Waals surface area (Å²) >= 11 is 0. The number of hydrogen-bond donors (Lipinski definition) is 0. The van der Waals surface area contributed by atoms with Gasteiger partial charge in [-0.15, -0.1) is 0 Å². The Bertz CT molecular complexity index is 1260. The summed E-state index contributed by atoms with van der Waals surface area (Å²) in [5.41, 5.74) is 6.22. The molecular formula is C33H36N2O. The van der Waals surface area contributed by atoms with Gasteiger partial charge in [-0.05, 0) is 85.0 Å². The Morgan fingerprint density at radius 3 is 2.47 bits per heavy atom. The van der Waals surface area contributed by atoms with E-state index < -0.39 is 0 Å². The SMILES string of the molecule is CC1CN(C2CCC(c3ccc(C(=O)N(C)c4ccccc4)cc3)C2)CCC12C=Cc1ccccc12. The van der Waals surface area contributed by atoms with Crippen LogP contribution in [0.25, 0.3) is 6.08 Å². The molecule has 1 aliphatic heterocycles. The van der Waals surface area contributed by atoms with Crippen molar-refractivity contribution in [3.05, 3.63) is 107 Å². The van der Waals surface area contributed by atoms with E-state index >= 15 is 0 Å². The lowest BCUT2D eigenvalue weighted by Crippen LogP contribution is -2.50. The molecule has 0 radical (unpaired) electrons. The number of likely N-dealkylation sites (tertiary alicyclic amines) is 1. The maximum atomic E-state index is 13.0. The van der Waals surface area contributed by atoms with Crippen molar-refractivity contribution in [1.29, 1.82) is 0 Å². The van der Waals surface area contributed by atoms with Gasteiger partial charge >= 0.3 is 0 Å². The Balaban J connectivity index is 1.09. The third-order valence-electron chi connectivity index (χ3n) is 9.22. The predicted octanol–water partition coefficient (Wildman–Crippen LogP) is 6.91. The van der Waals surface area contributed by atoms with Crippen LogP contribution in [-0.2, 0) is 5.41 Å². The fourth-order valence-corrected chi connectivity index (χ4v) is 7.01. The van der Waals surface area contributed by atoms with Crippen LogP contribution in [0.4, 0.5) is 5.69 Å². The molecule has 2 aliphatic carbocycles. The molecule has 0 aromatic heterocycles. The average molecular weight is 477 g/mol. The van der Waals surface area contributed by atoms with Crippen molar-refractivity contribution in [2.45, 2.75) is 50.0 Å². The summed E-state index contributed by atoms with van der Waals surface area (Å²) < 4.78 is 0. The van der Waals surface area contributed by atoms with E-state index in [-0.39, 0.29) is 11.3 Å². The standard InChI is InChI=1S/C33H36N2O/c1-24-23-35(21-20-33(24)19-18-26-8-6-7-11-31(26)33)30-17-16-28(22-30)25-12-14-27(15-13-25)32(36)34(2)29-9-4-3-5-10-29/h3-15,18-19,24,28,30H,16-17,20-23H2,1-2H3. The first-order chi connectivity index (χ1) is 17.5. The van der Waals surface area contributed by atoms with E-state index in [0.29, 0.717) is 17.9 Å². The highest BCUT2D eigenvalue weighted by atomic mass is 16.2. The lowest BCUT2D eigenvalue weighted by atomic mass is 9.68. The number of para-hydroxylation sites is 1. The lowest BCUT2D eigenvalue weighted by molar-refractivity contribution is 0.0898. The van der Waals surface area contributed by atoms with Crippen LogP contribution in [0, 0.1) is 5.92 Å². The van der Waals surface area contributed by atoms with Crippen LogP contribution in [0.3, 0.4) is 0 Å². The molecule has 2 fully saturated rings. The Kier molecular flexibility index (Phi) is 6.05. The van der Waals surface area contributed by atoms with Crippen molar-refractivity contribution in [3.8, 4) is 0 Å². The number of hydrogen-bond acceptors (Lipinski definition) is 2. The highest BCUT2D eigenvalue weighted by molar-refractivity contribution is 6.05. The molecule has 1 saturated carbocycles. The van der Waals surface area contributed by atoms with Crippen molar-refractivity contribution < 1.29 is 4.79 Å². The van der Waals surface area contributed by atoms with E-state index in [1.54, 1.807) is 4.90 Å². The highest BCUT2D eigenvalue weighted by Crippen LogP contribution is 2.48. The maximum absolute atomic E-state index is 13.0. The topological polar surface area (TPSA) is 23.6 Å². The van der Waals surface area contributed by atoms with Gasteiger partial charge in [0.1, 0.15) is 0 Å². The van der Waals surface area contributed by atoms with Crippen molar-refractivity contribution in [2.24, 2.45) is 5.92 Å². The molecule has 0 bridgehead atoms. The number of benzene rings is 3. The minimum Gasteiger partial charge on any atom is -0.311 e. The van der Waals surface area contributed by atoms with Gasteiger partial charge in [0.15, 0.2) is 0 Å². The van der Waals surface area contributed by atoms with Gasteiger partial charge in [0.25, 0.3) is 5.91 Å². The van der Waals surface area contributed by atoms with E-state index in [1.807, 2.05) is 49.5 Å². The van der Waals surface area contributed by atoms with E-state index in [0.717, 1.165) is 11.3 Å². The first-order valence-corrected chi connectivity index (χ1v) is 13.5. The van der Waals surface area contributed by atoms with E-state index in [4.69, 9.17) is 0 Å². The zero-order chi connectivity index (χ0) is 24.7. The fraction of sp³-hybridized carbons (Fsp3) is 0.364. The van der Waals surface area contributed by atoms with Crippen LogP contribution in [0.2, 0.25) is 0 Å². The second-order valence-electron chi connectivity index (χ2n) is 11.1. The number of carbonyl (C=O) groups is 1. The molecule has 6 rings (SSSR count). The second-order valence-corrected chi connectivity index (χ2v) is 11.1. The van der Waals surface area contributed by atoms with Crippen LogP contribution < -0.4 is 4.90 Å². The van der Waals surface area contributed by atoms with Crippen molar-refractivity contribution in [3.63, 3.8) is 0 Å². The zero-order valence-electron chi connectivity index (χ0n) is 21.4.